The molecular weight excluding hydrogens is 181 g/mol. The lowest BCUT2D eigenvalue weighted by Gasteiger charge is -2.04. The smallest absolute Gasteiger partial charge is 0.188 e. The van der Waals surface area contributed by atoms with Gasteiger partial charge in [-0.1, -0.05) is 12.1 Å². The number of nitrogens with two attached hydrogens (primary N) is 1. The Bertz CT molecular complexity index is 323. The summed E-state index contributed by atoms with van der Waals surface area (Å²) in [5.74, 6) is 0.195. The minimum Gasteiger partial charge on any atom is -0.370 e. The normalized spacial score (nSPS) is 11.4. The van der Waals surface area contributed by atoms with Crippen molar-refractivity contribution in [3.63, 3.8) is 0 Å². The quantitative estimate of drug-likeness (QED) is 0.556. The molecule has 76 valence electrons. The van der Waals surface area contributed by atoms with Gasteiger partial charge in [0.1, 0.15) is 5.82 Å². The first-order chi connectivity index (χ1) is 6.72. The van der Waals surface area contributed by atoms with Crippen molar-refractivity contribution in [3.05, 3.63) is 35.6 Å². The summed E-state index contributed by atoms with van der Waals surface area (Å²) in [5.41, 5.74) is 6.38. The van der Waals surface area contributed by atoms with Gasteiger partial charge >= 0.3 is 0 Å². The van der Waals surface area contributed by atoms with E-state index in [1.807, 2.05) is 6.07 Å². The number of benzene rings is 1. The number of guanidine groups is 1. The summed E-state index contributed by atoms with van der Waals surface area (Å²) in [4.78, 5) is 3.75. The van der Waals surface area contributed by atoms with Gasteiger partial charge in [0.15, 0.2) is 5.96 Å². The highest BCUT2D eigenvalue weighted by Crippen LogP contribution is 2.03. The summed E-state index contributed by atoms with van der Waals surface area (Å²) < 4.78 is 12.8. The van der Waals surface area contributed by atoms with Gasteiger partial charge < -0.3 is 11.1 Å². The van der Waals surface area contributed by atoms with Crippen LogP contribution in [0.5, 0.6) is 0 Å². The first-order valence-electron chi connectivity index (χ1n) is 4.43. The van der Waals surface area contributed by atoms with Crippen molar-refractivity contribution in [2.45, 2.75) is 6.42 Å². The third-order valence-corrected chi connectivity index (χ3v) is 1.85. The fourth-order valence-electron chi connectivity index (χ4n) is 1.11. The summed E-state index contributed by atoms with van der Waals surface area (Å²) in [6.07, 6.45) is 0.730. The Morgan fingerprint density at radius 3 is 3.00 bits per heavy atom. The van der Waals surface area contributed by atoms with Crippen molar-refractivity contribution in [3.8, 4) is 0 Å². The van der Waals surface area contributed by atoms with Crippen LogP contribution < -0.4 is 11.1 Å². The van der Waals surface area contributed by atoms with E-state index >= 15 is 0 Å². The SMILES string of the molecule is CN=C(N)NCCc1cccc(F)c1. The van der Waals surface area contributed by atoms with Crippen LogP contribution in [0.15, 0.2) is 29.3 Å². The van der Waals surface area contributed by atoms with E-state index in [-0.39, 0.29) is 5.82 Å². The molecule has 0 saturated heterocycles. The van der Waals surface area contributed by atoms with Crippen molar-refractivity contribution in [2.75, 3.05) is 13.6 Å². The minimum atomic E-state index is -0.209. The maximum absolute atomic E-state index is 12.8. The van der Waals surface area contributed by atoms with Crippen LogP contribution in [0.2, 0.25) is 0 Å². The highest BCUT2D eigenvalue weighted by atomic mass is 19.1. The van der Waals surface area contributed by atoms with E-state index in [1.54, 1.807) is 13.1 Å². The second kappa shape index (κ2) is 5.21. The number of hydrogen-bond donors (Lipinski definition) is 2. The molecule has 0 aliphatic carbocycles. The maximum atomic E-state index is 12.8. The van der Waals surface area contributed by atoms with Crippen molar-refractivity contribution >= 4 is 5.96 Å². The number of halogens is 1. The topological polar surface area (TPSA) is 50.4 Å². The average molecular weight is 195 g/mol. The van der Waals surface area contributed by atoms with Crippen molar-refractivity contribution in [1.82, 2.24) is 5.32 Å². The van der Waals surface area contributed by atoms with E-state index in [2.05, 4.69) is 10.3 Å². The Balaban J connectivity index is 2.39. The average Bonchev–Trinajstić information content (AvgIpc) is 2.17. The molecule has 0 aromatic heterocycles. The van der Waals surface area contributed by atoms with Gasteiger partial charge in [-0.05, 0) is 24.1 Å². The molecule has 0 aliphatic rings. The molecule has 0 amide bonds. The zero-order chi connectivity index (χ0) is 10.4. The van der Waals surface area contributed by atoms with E-state index < -0.39 is 0 Å². The van der Waals surface area contributed by atoms with Gasteiger partial charge in [0, 0.05) is 13.6 Å². The van der Waals surface area contributed by atoms with E-state index in [9.17, 15) is 4.39 Å². The first kappa shape index (κ1) is 10.5. The molecule has 0 atom stereocenters. The van der Waals surface area contributed by atoms with Crippen LogP contribution in [0.4, 0.5) is 4.39 Å². The fraction of sp³-hybridized carbons (Fsp3) is 0.300. The standard InChI is InChI=1S/C10H14FN3/c1-13-10(12)14-6-5-8-3-2-4-9(11)7-8/h2-4,7H,5-6H2,1H3,(H3,12,13,14). The number of nitrogens with one attached hydrogen (secondary N) is 1. The summed E-state index contributed by atoms with van der Waals surface area (Å²) in [6.45, 7) is 0.659. The van der Waals surface area contributed by atoms with Crippen LogP contribution in [0.25, 0.3) is 0 Å². The lowest BCUT2D eigenvalue weighted by atomic mass is 10.1. The number of aliphatic imine (C=N–C) groups is 1. The Morgan fingerprint density at radius 1 is 1.57 bits per heavy atom. The maximum Gasteiger partial charge on any atom is 0.188 e. The van der Waals surface area contributed by atoms with Crippen LogP contribution >= 0.6 is 0 Å². The number of rotatable bonds is 3. The van der Waals surface area contributed by atoms with Gasteiger partial charge in [0.05, 0.1) is 0 Å². The molecular formula is C10H14FN3. The lowest BCUT2D eigenvalue weighted by molar-refractivity contribution is 0.625. The zero-order valence-corrected chi connectivity index (χ0v) is 8.13. The highest BCUT2D eigenvalue weighted by molar-refractivity contribution is 5.77. The molecule has 0 saturated carbocycles. The van der Waals surface area contributed by atoms with Crippen LogP contribution in [-0.2, 0) is 6.42 Å². The van der Waals surface area contributed by atoms with E-state index in [0.29, 0.717) is 12.5 Å². The molecule has 3 nitrogen and oxygen atoms in total. The monoisotopic (exact) mass is 195 g/mol. The Morgan fingerprint density at radius 2 is 2.36 bits per heavy atom. The summed E-state index contributed by atoms with van der Waals surface area (Å²) in [5, 5.41) is 2.91. The van der Waals surface area contributed by atoms with Crippen LogP contribution in [0.1, 0.15) is 5.56 Å². The molecule has 0 spiro atoms. The second-order valence-corrected chi connectivity index (χ2v) is 2.92. The third-order valence-electron chi connectivity index (χ3n) is 1.85. The van der Waals surface area contributed by atoms with Gasteiger partial charge in [0.2, 0.25) is 0 Å². The predicted molar refractivity (Wildman–Crippen MR) is 55.7 cm³/mol. The fourth-order valence-corrected chi connectivity index (χ4v) is 1.11. The van der Waals surface area contributed by atoms with Crippen molar-refractivity contribution in [1.29, 1.82) is 0 Å². The van der Waals surface area contributed by atoms with Crippen LogP contribution in [-0.4, -0.2) is 19.6 Å². The molecule has 0 fully saturated rings. The molecule has 1 aromatic rings. The van der Waals surface area contributed by atoms with Gasteiger partial charge in [-0.2, -0.15) is 0 Å². The highest BCUT2D eigenvalue weighted by Gasteiger charge is 1.95. The molecule has 0 unspecified atom stereocenters. The van der Waals surface area contributed by atoms with E-state index in [4.69, 9.17) is 5.73 Å². The molecule has 4 heteroatoms. The Labute approximate surface area is 82.8 Å². The minimum absolute atomic E-state index is 0.209. The molecule has 0 bridgehead atoms. The zero-order valence-electron chi connectivity index (χ0n) is 8.13. The van der Waals surface area contributed by atoms with Gasteiger partial charge in [-0.15, -0.1) is 0 Å². The van der Waals surface area contributed by atoms with Crippen molar-refractivity contribution < 1.29 is 4.39 Å². The molecule has 0 heterocycles. The van der Waals surface area contributed by atoms with Crippen LogP contribution in [0, 0.1) is 5.82 Å². The first-order valence-corrected chi connectivity index (χ1v) is 4.43. The Kier molecular flexibility index (Phi) is 3.91. The molecule has 0 radical (unpaired) electrons. The lowest BCUT2D eigenvalue weighted by Crippen LogP contribution is -2.32. The van der Waals surface area contributed by atoms with Crippen molar-refractivity contribution in [2.24, 2.45) is 10.7 Å². The van der Waals surface area contributed by atoms with E-state index in [1.165, 1.54) is 12.1 Å². The van der Waals surface area contributed by atoms with E-state index in [0.717, 1.165) is 12.0 Å². The van der Waals surface area contributed by atoms with Crippen LogP contribution in [0.3, 0.4) is 0 Å². The van der Waals surface area contributed by atoms with Gasteiger partial charge in [0.25, 0.3) is 0 Å². The molecule has 3 N–H and O–H groups in total. The number of hydrogen-bond acceptors (Lipinski definition) is 1. The predicted octanol–water partition coefficient (Wildman–Crippen LogP) is 0.902. The van der Waals surface area contributed by atoms with Gasteiger partial charge in [-0.25, -0.2) is 4.39 Å². The number of nitrogens with zero attached hydrogens (tertiary/aromatic N) is 1. The molecule has 14 heavy (non-hydrogen) atoms. The summed E-state index contributed by atoms with van der Waals surface area (Å²) >= 11 is 0. The van der Waals surface area contributed by atoms with Gasteiger partial charge in [-0.3, -0.25) is 4.99 Å². The third kappa shape index (κ3) is 3.43. The molecule has 0 aliphatic heterocycles. The summed E-state index contributed by atoms with van der Waals surface area (Å²) in [7, 11) is 1.62. The summed E-state index contributed by atoms with van der Waals surface area (Å²) in [6, 6.07) is 6.52. The Hall–Kier alpha value is -1.58. The largest absolute Gasteiger partial charge is 0.370 e. The molecule has 1 rings (SSSR count). The second-order valence-electron chi connectivity index (χ2n) is 2.92. The molecule has 1 aromatic carbocycles.